The minimum atomic E-state index is 0.455. The molecule has 0 bridgehead atoms. The van der Waals surface area contributed by atoms with Crippen LogP contribution in [0, 0.1) is 0 Å². The van der Waals surface area contributed by atoms with Crippen LogP contribution in [0.1, 0.15) is 10.5 Å². The number of hydrogen-bond acceptors (Lipinski definition) is 2. The monoisotopic (exact) mass is 225 g/mol. The van der Waals surface area contributed by atoms with Crippen LogP contribution >= 0.6 is 0 Å². The molecular weight excluding hydrogens is 214 g/mol. The van der Waals surface area contributed by atoms with Crippen LogP contribution in [0.5, 0.6) is 0 Å². The molecule has 0 aliphatic rings. The Morgan fingerprint density at radius 1 is 1.29 bits per heavy atom. The van der Waals surface area contributed by atoms with Crippen LogP contribution in [0.3, 0.4) is 0 Å². The van der Waals surface area contributed by atoms with Gasteiger partial charge in [0, 0.05) is 29.7 Å². The van der Waals surface area contributed by atoms with Crippen molar-refractivity contribution >= 4 is 17.2 Å². The molecule has 1 N–H and O–H groups in total. The summed E-state index contributed by atoms with van der Waals surface area (Å²) in [6.07, 6.45) is 2.67. The topological polar surface area (TPSA) is 50.7 Å². The van der Waals surface area contributed by atoms with Crippen LogP contribution < -0.4 is 0 Å². The molecule has 0 aliphatic carbocycles. The molecule has 1 aromatic carbocycles. The number of aldehydes is 1. The Balaban J connectivity index is 2.18. The molecule has 0 unspecified atom stereocenters. The van der Waals surface area contributed by atoms with Gasteiger partial charge in [-0.3, -0.25) is 9.48 Å². The Morgan fingerprint density at radius 2 is 2.18 bits per heavy atom. The van der Waals surface area contributed by atoms with Crippen molar-refractivity contribution in [1.29, 1.82) is 0 Å². The summed E-state index contributed by atoms with van der Waals surface area (Å²) in [7, 11) is 1.84. The van der Waals surface area contributed by atoms with Crippen LogP contribution in [0.25, 0.3) is 22.2 Å². The zero-order valence-electron chi connectivity index (χ0n) is 9.34. The molecule has 3 rings (SSSR count). The van der Waals surface area contributed by atoms with Gasteiger partial charge in [0.2, 0.25) is 0 Å². The molecule has 0 fully saturated rings. The Labute approximate surface area is 97.9 Å². The minimum Gasteiger partial charge on any atom is -0.361 e. The molecule has 0 spiro atoms. The van der Waals surface area contributed by atoms with E-state index in [-0.39, 0.29) is 0 Å². The molecule has 4 nitrogen and oxygen atoms in total. The highest BCUT2D eigenvalue weighted by molar-refractivity contribution is 5.85. The molecule has 0 atom stereocenters. The normalized spacial score (nSPS) is 10.9. The second-order valence-corrected chi connectivity index (χ2v) is 3.98. The highest BCUT2D eigenvalue weighted by Crippen LogP contribution is 2.23. The molecule has 3 aromatic rings. The number of nitrogens with zero attached hydrogens (tertiary/aromatic N) is 2. The molecule has 0 radical (unpaired) electrons. The molecule has 17 heavy (non-hydrogen) atoms. The van der Waals surface area contributed by atoms with Crippen molar-refractivity contribution in [1.82, 2.24) is 14.8 Å². The van der Waals surface area contributed by atoms with Crippen molar-refractivity contribution in [3.63, 3.8) is 0 Å². The fourth-order valence-corrected chi connectivity index (χ4v) is 2.03. The lowest BCUT2D eigenvalue weighted by molar-refractivity contribution is 0.111. The van der Waals surface area contributed by atoms with Gasteiger partial charge in [0.15, 0.2) is 6.29 Å². The molecule has 4 heteroatoms. The lowest BCUT2D eigenvalue weighted by Crippen LogP contribution is -1.94. The van der Waals surface area contributed by atoms with Gasteiger partial charge in [-0.15, -0.1) is 0 Å². The largest absolute Gasteiger partial charge is 0.361 e. The van der Waals surface area contributed by atoms with E-state index in [0.29, 0.717) is 5.69 Å². The Bertz CT molecular complexity index is 694. The molecule has 84 valence electrons. The van der Waals surface area contributed by atoms with Crippen LogP contribution in [0.15, 0.2) is 36.5 Å². The van der Waals surface area contributed by atoms with E-state index in [1.165, 1.54) is 0 Å². The number of aryl methyl sites for hydroxylation is 1. The van der Waals surface area contributed by atoms with E-state index < -0.39 is 0 Å². The first kappa shape index (κ1) is 9.84. The SMILES string of the molecule is Cn1nc(C=O)cc1-c1ccc2[nH]ccc2c1. The van der Waals surface area contributed by atoms with E-state index in [0.717, 1.165) is 28.4 Å². The predicted molar refractivity (Wildman–Crippen MR) is 65.9 cm³/mol. The highest BCUT2D eigenvalue weighted by Gasteiger charge is 2.07. The summed E-state index contributed by atoms with van der Waals surface area (Å²) in [5, 5.41) is 5.26. The zero-order valence-corrected chi connectivity index (χ0v) is 9.34. The third-order valence-corrected chi connectivity index (χ3v) is 2.87. The number of carbonyl (C=O) groups is 1. The van der Waals surface area contributed by atoms with Crippen molar-refractivity contribution in [3.05, 3.63) is 42.2 Å². The summed E-state index contributed by atoms with van der Waals surface area (Å²) in [5.74, 6) is 0. The van der Waals surface area contributed by atoms with E-state index in [1.807, 2.05) is 31.4 Å². The van der Waals surface area contributed by atoms with E-state index in [9.17, 15) is 4.79 Å². The molecule has 0 saturated heterocycles. The average molecular weight is 225 g/mol. The van der Waals surface area contributed by atoms with Gasteiger partial charge in [-0.2, -0.15) is 5.10 Å². The number of fused-ring (bicyclic) bond motifs is 1. The maximum absolute atomic E-state index is 10.7. The standard InChI is InChI=1S/C13H11N3O/c1-16-13(7-11(8-17)15-16)10-2-3-12-9(6-10)4-5-14-12/h2-8,14H,1H3. The van der Waals surface area contributed by atoms with Crippen molar-refractivity contribution in [2.75, 3.05) is 0 Å². The van der Waals surface area contributed by atoms with Crippen molar-refractivity contribution < 1.29 is 4.79 Å². The van der Waals surface area contributed by atoms with Gasteiger partial charge in [0.25, 0.3) is 0 Å². The average Bonchev–Trinajstić information content (AvgIpc) is 2.93. The van der Waals surface area contributed by atoms with Gasteiger partial charge >= 0.3 is 0 Å². The number of carbonyl (C=O) groups excluding carboxylic acids is 1. The number of benzene rings is 1. The lowest BCUT2D eigenvalue weighted by atomic mass is 10.1. The van der Waals surface area contributed by atoms with Crippen LogP contribution in [0.2, 0.25) is 0 Å². The van der Waals surface area contributed by atoms with Crippen molar-refractivity contribution in [3.8, 4) is 11.3 Å². The molecular formula is C13H11N3O. The number of aromatic nitrogens is 3. The molecule has 0 saturated carbocycles. The van der Waals surface area contributed by atoms with E-state index in [1.54, 1.807) is 10.7 Å². The number of aromatic amines is 1. The maximum atomic E-state index is 10.7. The number of rotatable bonds is 2. The van der Waals surface area contributed by atoms with E-state index in [4.69, 9.17) is 0 Å². The summed E-state index contributed by atoms with van der Waals surface area (Å²) in [6.45, 7) is 0. The number of nitrogens with one attached hydrogen (secondary N) is 1. The van der Waals surface area contributed by atoms with Crippen LogP contribution in [-0.2, 0) is 7.05 Å². The van der Waals surface area contributed by atoms with Gasteiger partial charge in [0.05, 0.1) is 5.69 Å². The summed E-state index contributed by atoms with van der Waals surface area (Å²) in [4.78, 5) is 13.8. The van der Waals surface area contributed by atoms with Gasteiger partial charge < -0.3 is 4.98 Å². The Kier molecular flexibility index (Phi) is 2.08. The molecule has 2 aromatic heterocycles. The van der Waals surface area contributed by atoms with Crippen molar-refractivity contribution in [2.24, 2.45) is 7.05 Å². The Morgan fingerprint density at radius 3 is 2.94 bits per heavy atom. The predicted octanol–water partition coefficient (Wildman–Crippen LogP) is 2.38. The Hall–Kier alpha value is -2.36. The first-order valence-electron chi connectivity index (χ1n) is 5.34. The lowest BCUT2D eigenvalue weighted by Gasteiger charge is -2.01. The second-order valence-electron chi connectivity index (χ2n) is 3.98. The summed E-state index contributed by atoms with van der Waals surface area (Å²) in [6, 6.07) is 9.94. The van der Waals surface area contributed by atoms with E-state index >= 15 is 0 Å². The first-order chi connectivity index (χ1) is 8.28. The van der Waals surface area contributed by atoms with Crippen molar-refractivity contribution in [2.45, 2.75) is 0 Å². The van der Waals surface area contributed by atoms with Gasteiger partial charge in [-0.25, -0.2) is 0 Å². The smallest absolute Gasteiger partial charge is 0.170 e. The third-order valence-electron chi connectivity index (χ3n) is 2.87. The van der Waals surface area contributed by atoms with Gasteiger partial charge in [0.1, 0.15) is 5.69 Å². The van der Waals surface area contributed by atoms with Crippen LogP contribution in [0.4, 0.5) is 0 Å². The third kappa shape index (κ3) is 1.54. The maximum Gasteiger partial charge on any atom is 0.170 e. The fraction of sp³-hybridized carbons (Fsp3) is 0.0769. The minimum absolute atomic E-state index is 0.455. The zero-order chi connectivity index (χ0) is 11.8. The second kappa shape index (κ2) is 3.59. The number of H-pyrrole nitrogens is 1. The quantitative estimate of drug-likeness (QED) is 0.681. The van der Waals surface area contributed by atoms with Gasteiger partial charge in [-0.1, -0.05) is 6.07 Å². The first-order valence-corrected chi connectivity index (χ1v) is 5.34. The highest BCUT2D eigenvalue weighted by atomic mass is 16.1. The molecule has 2 heterocycles. The molecule has 0 amide bonds. The van der Waals surface area contributed by atoms with Crippen LogP contribution in [-0.4, -0.2) is 21.1 Å². The summed E-state index contributed by atoms with van der Waals surface area (Å²) >= 11 is 0. The molecule has 0 aliphatic heterocycles. The van der Waals surface area contributed by atoms with E-state index in [2.05, 4.69) is 16.1 Å². The summed E-state index contributed by atoms with van der Waals surface area (Å²) < 4.78 is 1.72. The summed E-state index contributed by atoms with van der Waals surface area (Å²) in [5.41, 5.74) is 3.55. The fourth-order valence-electron chi connectivity index (χ4n) is 2.03. The van der Waals surface area contributed by atoms with Gasteiger partial charge in [-0.05, 0) is 24.3 Å². The number of hydrogen-bond donors (Lipinski definition) is 1.